The number of halogens is 4. The number of hydrogen-bond donors (Lipinski definition) is 0. The van der Waals surface area contributed by atoms with Gasteiger partial charge in [0.25, 0.3) is 0 Å². The summed E-state index contributed by atoms with van der Waals surface area (Å²) in [6.45, 7) is 0.181. The van der Waals surface area contributed by atoms with E-state index in [0.29, 0.717) is 25.8 Å². The number of rotatable bonds is 3. The fourth-order valence-electron chi connectivity index (χ4n) is 1.41. The molecule has 0 amide bonds. The highest BCUT2D eigenvalue weighted by Gasteiger charge is 2.08. The standard InChI is InChI=1S/C13H8BrCl2FO/c14-10-5-4-8(17)6-13(10)18-7-9-11(15)2-1-3-12(9)16/h1-6H,7H2. The predicted molar refractivity (Wildman–Crippen MR) is 74.9 cm³/mol. The molecule has 0 aromatic heterocycles. The Hall–Kier alpha value is -0.770. The third-order valence-corrected chi connectivity index (χ3v) is 3.69. The first-order valence-electron chi connectivity index (χ1n) is 5.08. The zero-order chi connectivity index (χ0) is 13.1. The van der Waals surface area contributed by atoms with Gasteiger partial charge in [0.05, 0.1) is 4.47 Å². The molecule has 0 aliphatic heterocycles. The predicted octanol–water partition coefficient (Wildman–Crippen LogP) is 5.47. The minimum Gasteiger partial charge on any atom is -0.488 e. The molecule has 0 N–H and O–H groups in total. The van der Waals surface area contributed by atoms with Crippen LogP contribution in [0.15, 0.2) is 40.9 Å². The second-order valence-electron chi connectivity index (χ2n) is 3.56. The van der Waals surface area contributed by atoms with Crippen molar-refractivity contribution in [3.8, 4) is 5.75 Å². The van der Waals surface area contributed by atoms with Crippen LogP contribution >= 0.6 is 39.1 Å². The van der Waals surface area contributed by atoms with Gasteiger partial charge in [-0.15, -0.1) is 0 Å². The fourth-order valence-corrected chi connectivity index (χ4v) is 2.28. The molecule has 0 aliphatic rings. The molecule has 0 saturated carbocycles. The lowest BCUT2D eigenvalue weighted by Crippen LogP contribution is -1.98. The van der Waals surface area contributed by atoms with Crippen LogP contribution in [0.5, 0.6) is 5.75 Å². The first-order valence-corrected chi connectivity index (χ1v) is 6.63. The number of benzene rings is 2. The third kappa shape index (κ3) is 3.16. The fraction of sp³-hybridized carbons (Fsp3) is 0.0769. The van der Waals surface area contributed by atoms with Crippen LogP contribution in [0, 0.1) is 5.82 Å². The average molecular weight is 350 g/mol. The van der Waals surface area contributed by atoms with Crippen molar-refractivity contribution >= 4 is 39.1 Å². The maximum absolute atomic E-state index is 13.1. The topological polar surface area (TPSA) is 9.23 Å². The van der Waals surface area contributed by atoms with Gasteiger partial charge in [0.1, 0.15) is 18.2 Å². The maximum Gasteiger partial charge on any atom is 0.136 e. The van der Waals surface area contributed by atoms with E-state index < -0.39 is 0 Å². The zero-order valence-corrected chi connectivity index (χ0v) is 12.2. The summed E-state index contributed by atoms with van der Waals surface area (Å²) in [4.78, 5) is 0. The summed E-state index contributed by atoms with van der Waals surface area (Å²) in [6, 6.07) is 9.44. The molecule has 0 aliphatic carbocycles. The van der Waals surface area contributed by atoms with Gasteiger partial charge in [-0.2, -0.15) is 0 Å². The van der Waals surface area contributed by atoms with E-state index in [4.69, 9.17) is 27.9 Å². The normalized spacial score (nSPS) is 10.4. The zero-order valence-electron chi connectivity index (χ0n) is 9.09. The van der Waals surface area contributed by atoms with Crippen molar-refractivity contribution in [2.24, 2.45) is 0 Å². The quantitative estimate of drug-likeness (QED) is 0.713. The summed E-state index contributed by atoms with van der Waals surface area (Å²) in [5.74, 6) is 0.0458. The van der Waals surface area contributed by atoms with Gasteiger partial charge in [0.15, 0.2) is 0 Å². The van der Waals surface area contributed by atoms with E-state index in [1.54, 1.807) is 24.3 Å². The molecular weight excluding hydrogens is 342 g/mol. The first kappa shape index (κ1) is 13.7. The molecule has 2 aromatic rings. The van der Waals surface area contributed by atoms with Crippen LogP contribution in [0.25, 0.3) is 0 Å². The van der Waals surface area contributed by atoms with Gasteiger partial charge in [-0.1, -0.05) is 29.3 Å². The molecule has 0 spiro atoms. The molecule has 0 heterocycles. The Balaban J connectivity index is 2.19. The second-order valence-corrected chi connectivity index (χ2v) is 5.23. The van der Waals surface area contributed by atoms with Crippen LogP contribution in [-0.4, -0.2) is 0 Å². The van der Waals surface area contributed by atoms with Crippen molar-refractivity contribution in [3.63, 3.8) is 0 Å². The van der Waals surface area contributed by atoms with Crippen LogP contribution in [0.3, 0.4) is 0 Å². The van der Waals surface area contributed by atoms with Crippen LogP contribution in [0.1, 0.15) is 5.56 Å². The lowest BCUT2D eigenvalue weighted by molar-refractivity contribution is 0.303. The SMILES string of the molecule is Fc1ccc(Br)c(OCc2c(Cl)cccc2Cl)c1. The van der Waals surface area contributed by atoms with Crippen molar-refractivity contribution in [2.45, 2.75) is 6.61 Å². The molecule has 2 aromatic carbocycles. The summed E-state index contributed by atoms with van der Waals surface area (Å²) in [6.07, 6.45) is 0. The maximum atomic E-state index is 13.1. The van der Waals surface area contributed by atoms with Gasteiger partial charge < -0.3 is 4.74 Å². The molecule has 0 atom stereocenters. The Morgan fingerprint density at radius 3 is 2.44 bits per heavy atom. The molecule has 94 valence electrons. The smallest absolute Gasteiger partial charge is 0.136 e. The summed E-state index contributed by atoms with van der Waals surface area (Å²) in [5, 5.41) is 1.05. The van der Waals surface area contributed by atoms with Crippen LogP contribution in [0.2, 0.25) is 10.0 Å². The molecule has 5 heteroatoms. The highest BCUT2D eigenvalue weighted by Crippen LogP contribution is 2.29. The van der Waals surface area contributed by atoms with E-state index >= 15 is 0 Å². The highest BCUT2D eigenvalue weighted by atomic mass is 79.9. The molecule has 18 heavy (non-hydrogen) atoms. The highest BCUT2D eigenvalue weighted by molar-refractivity contribution is 9.10. The Bertz CT molecular complexity index is 555. The molecule has 2 rings (SSSR count). The van der Waals surface area contributed by atoms with E-state index in [9.17, 15) is 4.39 Å². The minimum absolute atomic E-state index is 0.181. The van der Waals surface area contributed by atoms with Gasteiger partial charge in [-0.05, 0) is 40.2 Å². The average Bonchev–Trinajstić information content (AvgIpc) is 2.33. The summed E-state index contributed by atoms with van der Waals surface area (Å²) < 4.78 is 19.3. The van der Waals surface area contributed by atoms with Gasteiger partial charge in [0, 0.05) is 21.7 Å². The van der Waals surface area contributed by atoms with Crippen LogP contribution < -0.4 is 4.74 Å². The number of ether oxygens (including phenoxy) is 1. The van der Waals surface area contributed by atoms with E-state index in [2.05, 4.69) is 15.9 Å². The molecule has 0 unspecified atom stereocenters. The Morgan fingerprint density at radius 1 is 1.11 bits per heavy atom. The van der Waals surface area contributed by atoms with Gasteiger partial charge >= 0.3 is 0 Å². The van der Waals surface area contributed by atoms with Crippen molar-refractivity contribution in [1.82, 2.24) is 0 Å². The van der Waals surface area contributed by atoms with Crippen molar-refractivity contribution in [3.05, 3.63) is 62.3 Å². The lowest BCUT2D eigenvalue weighted by atomic mass is 10.2. The summed E-state index contributed by atoms with van der Waals surface area (Å²) in [5.41, 5.74) is 0.678. The molecule has 0 bridgehead atoms. The van der Waals surface area contributed by atoms with E-state index in [-0.39, 0.29) is 12.4 Å². The molecule has 0 fully saturated rings. The van der Waals surface area contributed by atoms with Crippen molar-refractivity contribution in [2.75, 3.05) is 0 Å². The van der Waals surface area contributed by atoms with Crippen LogP contribution in [-0.2, 0) is 6.61 Å². The van der Waals surface area contributed by atoms with Gasteiger partial charge in [-0.25, -0.2) is 4.39 Å². The molecule has 0 radical (unpaired) electrons. The first-order chi connectivity index (χ1) is 8.58. The Kier molecular flexibility index (Phi) is 4.49. The van der Waals surface area contributed by atoms with E-state index in [0.717, 1.165) is 0 Å². The Morgan fingerprint density at radius 2 is 1.78 bits per heavy atom. The van der Waals surface area contributed by atoms with E-state index in [1.807, 2.05) is 0 Å². The van der Waals surface area contributed by atoms with Crippen molar-refractivity contribution < 1.29 is 9.13 Å². The summed E-state index contributed by atoms with van der Waals surface area (Å²) in [7, 11) is 0. The lowest BCUT2D eigenvalue weighted by Gasteiger charge is -2.10. The summed E-state index contributed by atoms with van der Waals surface area (Å²) >= 11 is 15.3. The third-order valence-electron chi connectivity index (χ3n) is 2.33. The van der Waals surface area contributed by atoms with Gasteiger partial charge in [0.2, 0.25) is 0 Å². The second kappa shape index (κ2) is 5.91. The monoisotopic (exact) mass is 348 g/mol. The van der Waals surface area contributed by atoms with Crippen molar-refractivity contribution in [1.29, 1.82) is 0 Å². The van der Waals surface area contributed by atoms with Gasteiger partial charge in [-0.3, -0.25) is 0 Å². The minimum atomic E-state index is -0.363. The van der Waals surface area contributed by atoms with E-state index in [1.165, 1.54) is 12.1 Å². The molecular formula is C13H8BrCl2FO. The molecule has 0 saturated heterocycles. The van der Waals surface area contributed by atoms with Crippen LogP contribution in [0.4, 0.5) is 4.39 Å². The molecule has 1 nitrogen and oxygen atoms in total. The Labute approximate surface area is 123 Å². The largest absolute Gasteiger partial charge is 0.488 e. The number of hydrogen-bond acceptors (Lipinski definition) is 1.